The average Bonchev–Trinajstić information content (AvgIpc) is 2.97. The van der Waals surface area contributed by atoms with E-state index in [0.29, 0.717) is 12.2 Å². The Bertz CT molecular complexity index is 525. The molecule has 1 heterocycles. The van der Waals surface area contributed by atoms with Crippen molar-refractivity contribution in [2.45, 2.75) is 43.4 Å². The van der Waals surface area contributed by atoms with Gasteiger partial charge < -0.3 is 5.32 Å². The molecule has 1 aliphatic carbocycles. The molecule has 6 heteroatoms. The zero-order valence-electron chi connectivity index (χ0n) is 11.9. The van der Waals surface area contributed by atoms with Gasteiger partial charge in [-0.25, -0.2) is 13.1 Å². The summed E-state index contributed by atoms with van der Waals surface area (Å²) in [5, 5.41) is 2.88. The number of anilines is 1. The number of hydrogen-bond acceptors (Lipinski definition) is 4. The minimum absolute atomic E-state index is 0.211. The van der Waals surface area contributed by atoms with Gasteiger partial charge in [-0.2, -0.15) is 0 Å². The summed E-state index contributed by atoms with van der Waals surface area (Å²) in [6, 6.07) is 1.66. The van der Waals surface area contributed by atoms with Crippen LogP contribution in [0, 0.1) is 5.92 Å². The van der Waals surface area contributed by atoms with Crippen molar-refractivity contribution in [3.05, 3.63) is 18.5 Å². The number of hydrogen-bond donors (Lipinski definition) is 2. The molecule has 1 aromatic heterocycles. The van der Waals surface area contributed by atoms with Gasteiger partial charge >= 0.3 is 0 Å². The summed E-state index contributed by atoms with van der Waals surface area (Å²) in [5.74, 6) is 0.797. The fourth-order valence-corrected chi connectivity index (χ4v) is 4.00. The van der Waals surface area contributed by atoms with Crippen LogP contribution in [-0.2, 0) is 10.0 Å². The Labute approximate surface area is 121 Å². The number of pyridine rings is 1. The number of nitrogens with zero attached hydrogens (tertiary/aromatic N) is 1. The lowest BCUT2D eigenvalue weighted by molar-refractivity contribution is 0.480. The Kier molecular flexibility index (Phi) is 5.37. The summed E-state index contributed by atoms with van der Waals surface area (Å²) in [7, 11) is -1.77. The second kappa shape index (κ2) is 7.04. The van der Waals surface area contributed by atoms with Crippen LogP contribution in [0.2, 0.25) is 0 Å². The van der Waals surface area contributed by atoms with E-state index in [0.717, 1.165) is 18.8 Å². The van der Waals surface area contributed by atoms with E-state index >= 15 is 0 Å². The van der Waals surface area contributed by atoms with Gasteiger partial charge in [-0.05, 0) is 24.8 Å². The predicted octanol–water partition coefficient (Wildman–Crippen LogP) is 2.37. The first-order chi connectivity index (χ1) is 9.63. The summed E-state index contributed by atoms with van der Waals surface area (Å²) in [4.78, 5) is 4.10. The zero-order chi connectivity index (χ0) is 14.4. The third-order valence-corrected chi connectivity index (χ3v) is 5.39. The van der Waals surface area contributed by atoms with Crippen molar-refractivity contribution < 1.29 is 8.42 Å². The van der Waals surface area contributed by atoms with Crippen LogP contribution >= 0.6 is 0 Å². The maximum Gasteiger partial charge on any atom is 0.244 e. The first-order valence-electron chi connectivity index (χ1n) is 7.25. The maximum atomic E-state index is 12.2. The highest BCUT2D eigenvalue weighted by atomic mass is 32.2. The topological polar surface area (TPSA) is 71.1 Å². The normalized spacial score (nSPS) is 16.4. The molecule has 0 aliphatic heterocycles. The standard InChI is InChI=1S/C14H23N3O2S/c1-15-13-8-10-16-11-14(13)20(18,19)17-9-4-7-12-5-2-3-6-12/h8,10-12,17H,2-7,9H2,1H3,(H,15,16). The highest BCUT2D eigenvalue weighted by Gasteiger charge is 2.18. The van der Waals surface area contributed by atoms with Crippen LogP contribution in [0.25, 0.3) is 0 Å². The van der Waals surface area contributed by atoms with Crippen LogP contribution in [0.4, 0.5) is 5.69 Å². The fraction of sp³-hybridized carbons (Fsp3) is 0.643. The maximum absolute atomic E-state index is 12.2. The monoisotopic (exact) mass is 297 g/mol. The lowest BCUT2D eigenvalue weighted by Gasteiger charge is -2.12. The largest absolute Gasteiger partial charge is 0.387 e. The van der Waals surface area contributed by atoms with Crippen LogP contribution in [0.15, 0.2) is 23.4 Å². The Morgan fingerprint density at radius 2 is 2.10 bits per heavy atom. The van der Waals surface area contributed by atoms with E-state index in [1.54, 1.807) is 19.3 Å². The third kappa shape index (κ3) is 3.93. The van der Waals surface area contributed by atoms with E-state index in [4.69, 9.17) is 0 Å². The zero-order valence-corrected chi connectivity index (χ0v) is 12.7. The lowest BCUT2D eigenvalue weighted by atomic mass is 10.0. The van der Waals surface area contributed by atoms with Gasteiger partial charge in [-0.1, -0.05) is 25.7 Å². The summed E-state index contributed by atoms with van der Waals surface area (Å²) < 4.78 is 27.1. The van der Waals surface area contributed by atoms with E-state index in [9.17, 15) is 8.42 Å². The molecule has 20 heavy (non-hydrogen) atoms. The molecule has 1 saturated carbocycles. The van der Waals surface area contributed by atoms with E-state index in [1.807, 2.05) is 0 Å². The Hall–Kier alpha value is -1.14. The second-order valence-corrected chi connectivity index (χ2v) is 7.05. The molecule has 0 spiro atoms. The van der Waals surface area contributed by atoms with Crippen molar-refractivity contribution in [3.63, 3.8) is 0 Å². The van der Waals surface area contributed by atoms with Gasteiger partial charge in [0.15, 0.2) is 0 Å². The molecule has 5 nitrogen and oxygen atoms in total. The van der Waals surface area contributed by atoms with E-state index in [-0.39, 0.29) is 4.90 Å². The summed E-state index contributed by atoms with van der Waals surface area (Å²) in [6.07, 6.45) is 10.2. The minimum atomic E-state index is -3.47. The number of nitrogens with one attached hydrogen (secondary N) is 2. The molecule has 0 unspecified atom stereocenters. The van der Waals surface area contributed by atoms with Crippen LogP contribution < -0.4 is 10.0 Å². The van der Waals surface area contributed by atoms with Gasteiger partial charge in [0.05, 0.1) is 5.69 Å². The molecular weight excluding hydrogens is 274 g/mol. The lowest BCUT2D eigenvalue weighted by Crippen LogP contribution is -2.26. The number of aromatic nitrogens is 1. The van der Waals surface area contributed by atoms with Gasteiger partial charge in [0, 0.05) is 26.0 Å². The number of sulfonamides is 1. The summed E-state index contributed by atoms with van der Waals surface area (Å²) in [6.45, 7) is 0.497. The molecule has 0 atom stereocenters. The molecule has 2 rings (SSSR count). The van der Waals surface area contributed by atoms with Crippen LogP contribution in [-0.4, -0.2) is 27.0 Å². The summed E-state index contributed by atoms with van der Waals surface area (Å²) >= 11 is 0. The minimum Gasteiger partial charge on any atom is -0.387 e. The highest BCUT2D eigenvalue weighted by Crippen LogP contribution is 2.28. The average molecular weight is 297 g/mol. The predicted molar refractivity (Wildman–Crippen MR) is 80.2 cm³/mol. The van der Waals surface area contributed by atoms with Crippen molar-refractivity contribution in [1.82, 2.24) is 9.71 Å². The molecule has 0 bridgehead atoms. The molecule has 0 saturated heterocycles. The smallest absolute Gasteiger partial charge is 0.244 e. The Morgan fingerprint density at radius 1 is 1.35 bits per heavy atom. The molecule has 2 N–H and O–H groups in total. The van der Waals surface area contributed by atoms with Gasteiger partial charge in [-0.15, -0.1) is 0 Å². The molecular formula is C14H23N3O2S. The van der Waals surface area contributed by atoms with Crippen LogP contribution in [0.3, 0.4) is 0 Å². The van der Waals surface area contributed by atoms with Crippen LogP contribution in [0.1, 0.15) is 38.5 Å². The summed E-state index contributed by atoms with van der Waals surface area (Å²) in [5.41, 5.74) is 0.572. The molecule has 0 amide bonds. The molecule has 1 aliphatic rings. The van der Waals surface area contributed by atoms with Crippen LogP contribution in [0.5, 0.6) is 0 Å². The van der Waals surface area contributed by atoms with E-state index in [2.05, 4.69) is 15.0 Å². The fourth-order valence-electron chi connectivity index (χ4n) is 2.77. The van der Waals surface area contributed by atoms with Crippen molar-refractivity contribution in [2.24, 2.45) is 5.92 Å². The second-order valence-electron chi connectivity index (χ2n) is 5.31. The Morgan fingerprint density at radius 3 is 2.80 bits per heavy atom. The van der Waals surface area contributed by atoms with Crippen molar-refractivity contribution >= 4 is 15.7 Å². The van der Waals surface area contributed by atoms with E-state index in [1.165, 1.54) is 31.9 Å². The quantitative estimate of drug-likeness (QED) is 0.758. The van der Waals surface area contributed by atoms with Crippen molar-refractivity contribution in [2.75, 3.05) is 18.9 Å². The van der Waals surface area contributed by atoms with Gasteiger partial charge in [0.1, 0.15) is 4.90 Å². The first-order valence-corrected chi connectivity index (χ1v) is 8.73. The molecule has 1 aromatic rings. The molecule has 0 aromatic carbocycles. The third-order valence-electron chi connectivity index (χ3n) is 3.90. The van der Waals surface area contributed by atoms with Gasteiger partial charge in [0.25, 0.3) is 0 Å². The SMILES string of the molecule is CNc1ccncc1S(=O)(=O)NCCCC1CCCC1. The number of rotatable bonds is 7. The van der Waals surface area contributed by atoms with Gasteiger partial charge in [0.2, 0.25) is 10.0 Å². The van der Waals surface area contributed by atoms with Crippen molar-refractivity contribution in [3.8, 4) is 0 Å². The Balaban J connectivity index is 1.87. The van der Waals surface area contributed by atoms with Gasteiger partial charge in [-0.3, -0.25) is 4.98 Å². The molecule has 1 fully saturated rings. The highest BCUT2D eigenvalue weighted by molar-refractivity contribution is 7.89. The van der Waals surface area contributed by atoms with E-state index < -0.39 is 10.0 Å². The molecule has 0 radical (unpaired) electrons. The molecule has 112 valence electrons. The van der Waals surface area contributed by atoms with Crippen molar-refractivity contribution in [1.29, 1.82) is 0 Å². The first kappa shape index (κ1) is 15.3.